The van der Waals surface area contributed by atoms with Crippen molar-refractivity contribution in [3.05, 3.63) is 33.8 Å². The maximum atomic E-state index is 12.4. The summed E-state index contributed by atoms with van der Waals surface area (Å²) in [7, 11) is 0. The number of carbonyl (C=O) groups is 2. The number of nitrogens with zero attached hydrogens (tertiary/aromatic N) is 2. The summed E-state index contributed by atoms with van der Waals surface area (Å²) in [6, 6.07) is 6.07. The Labute approximate surface area is 177 Å². The van der Waals surface area contributed by atoms with Crippen LogP contribution >= 0.6 is 23.2 Å². The lowest BCUT2D eigenvalue weighted by Gasteiger charge is -2.36. The fraction of sp³-hybridized carbons (Fsp3) is 0.619. The number of halogens is 2. The molecule has 5 nitrogen and oxygen atoms in total. The molecule has 2 aliphatic heterocycles. The number of carbonyl (C=O) groups excluding carboxylic acids is 2. The van der Waals surface area contributed by atoms with Crippen LogP contribution in [0.1, 0.15) is 50.5 Å². The first-order valence-electron chi connectivity index (χ1n) is 10.2. The molecule has 0 aromatic heterocycles. The van der Waals surface area contributed by atoms with E-state index >= 15 is 0 Å². The van der Waals surface area contributed by atoms with Crippen LogP contribution in [0.3, 0.4) is 0 Å². The van der Waals surface area contributed by atoms with Crippen molar-refractivity contribution in [3.63, 3.8) is 0 Å². The third-order valence-electron chi connectivity index (χ3n) is 5.88. The summed E-state index contributed by atoms with van der Waals surface area (Å²) >= 11 is 12.2. The zero-order valence-electron chi connectivity index (χ0n) is 16.4. The van der Waals surface area contributed by atoms with Gasteiger partial charge in [0, 0.05) is 57.5 Å². The number of likely N-dealkylation sites (tertiary alicyclic amines) is 2. The van der Waals surface area contributed by atoms with Crippen molar-refractivity contribution in [2.24, 2.45) is 0 Å². The maximum absolute atomic E-state index is 12.4. The summed E-state index contributed by atoms with van der Waals surface area (Å²) in [5.41, 5.74) is 1.15. The monoisotopic (exact) mass is 425 g/mol. The Kier molecular flexibility index (Phi) is 7.61. The Hall–Kier alpha value is -1.30. The van der Waals surface area contributed by atoms with E-state index in [0.717, 1.165) is 57.5 Å². The van der Waals surface area contributed by atoms with Crippen LogP contribution in [0.15, 0.2) is 18.2 Å². The summed E-state index contributed by atoms with van der Waals surface area (Å²) in [5.74, 6) is 0.676. The molecule has 2 amide bonds. The van der Waals surface area contributed by atoms with Crippen LogP contribution in [-0.2, 0) is 9.59 Å². The molecule has 2 heterocycles. The molecule has 1 atom stereocenters. The van der Waals surface area contributed by atoms with Crippen molar-refractivity contribution in [1.82, 2.24) is 15.1 Å². The van der Waals surface area contributed by atoms with Crippen molar-refractivity contribution in [1.29, 1.82) is 0 Å². The van der Waals surface area contributed by atoms with Gasteiger partial charge in [0.1, 0.15) is 0 Å². The second kappa shape index (κ2) is 9.95. The molecule has 0 saturated carbocycles. The minimum absolute atomic E-state index is 0.130. The largest absolute Gasteiger partial charge is 0.353 e. The van der Waals surface area contributed by atoms with Crippen LogP contribution in [0.4, 0.5) is 0 Å². The van der Waals surface area contributed by atoms with Gasteiger partial charge in [-0.3, -0.25) is 9.59 Å². The molecule has 1 unspecified atom stereocenters. The van der Waals surface area contributed by atoms with Gasteiger partial charge in [0.15, 0.2) is 0 Å². The van der Waals surface area contributed by atoms with E-state index in [4.69, 9.17) is 23.2 Å². The van der Waals surface area contributed by atoms with E-state index in [-0.39, 0.29) is 11.8 Å². The SMILES string of the molecule is CCC(=O)NC1CCN(CCN2CC(c3ccc(Cl)c(Cl)c3)CCC2=O)CC1. The molecule has 0 bridgehead atoms. The zero-order valence-corrected chi connectivity index (χ0v) is 17.9. The fourth-order valence-electron chi connectivity index (χ4n) is 4.06. The minimum atomic E-state index is 0.130. The topological polar surface area (TPSA) is 52.7 Å². The number of piperidine rings is 2. The predicted molar refractivity (Wildman–Crippen MR) is 113 cm³/mol. The first kappa shape index (κ1) is 21.4. The first-order valence-corrected chi connectivity index (χ1v) is 11.0. The van der Waals surface area contributed by atoms with E-state index in [1.54, 1.807) is 0 Å². The number of hydrogen-bond acceptors (Lipinski definition) is 3. The molecule has 1 aromatic rings. The Morgan fingerprint density at radius 1 is 1.14 bits per heavy atom. The molecule has 2 fully saturated rings. The number of hydrogen-bond donors (Lipinski definition) is 1. The minimum Gasteiger partial charge on any atom is -0.353 e. The van der Waals surface area contributed by atoms with Crippen LogP contribution in [0, 0.1) is 0 Å². The van der Waals surface area contributed by atoms with Gasteiger partial charge in [-0.2, -0.15) is 0 Å². The van der Waals surface area contributed by atoms with Gasteiger partial charge >= 0.3 is 0 Å². The summed E-state index contributed by atoms with van der Waals surface area (Å²) in [5, 5.41) is 4.22. The average molecular weight is 426 g/mol. The van der Waals surface area contributed by atoms with E-state index < -0.39 is 0 Å². The van der Waals surface area contributed by atoms with E-state index in [0.29, 0.717) is 34.8 Å². The van der Waals surface area contributed by atoms with Gasteiger partial charge in [-0.15, -0.1) is 0 Å². The summed E-state index contributed by atoms with van der Waals surface area (Å²) in [6.07, 6.45) is 3.93. The van der Waals surface area contributed by atoms with Crippen LogP contribution in [0.25, 0.3) is 0 Å². The van der Waals surface area contributed by atoms with Crippen molar-refractivity contribution in [2.45, 2.75) is 51.0 Å². The van der Waals surface area contributed by atoms with Gasteiger partial charge < -0.3 is 15.1 Å². The van der Waals surface area contributed by atoms with E-state index in [9.17, 15) is 9.59 Å². The summed E-state index contributed by atoms with van der Waals surface area (Å²) < 4.78 is 0. The molecule has 0 spiro atoms. The summed E-state index contributed by atoms with van der Waals surface area (Å²) in [4.78, 5) is 28.3. The fourth-order valence-corrected chi connectivity index (χ4v) is 4.37. The molecule has 7 heteroatoms. The van der Waals surface area contributed by atoms with Crippen molar-refractivity contribution in [3.8, 4) is 0 Å². The van der Waals surface area contributed by atoms with Crippen molar-refractivity contribution in [2.75, 3.05) is 32.7 Å². The molecular formula is C21H29Cl2N3O2. The molecule has 2 saturated heterocycles. The van der Waals surface area contributed by atoms with Gasteiger partial charge in [0.25, 0.3) is 0 Å². The molecule has 154 valence electrons. The van der Waals surface area contributed by atoms with E-state index in [1.165, 1.54) is 0 Å². The summed E-state index contributed by atoms with van der Waals surface area (Å²) in [6.45, 7) is 6.18. The number of rotatable bonds is 6. The van der Waals surface area contributed by atoms with Crippen LogP contribution < -0.4 is 5.32 Å². The molecule has 3 rings (SSSR count). The van der Waals surface area contributed by atoms with Crippen molar-refractivity contribution < 1.29 is 9.59 Å². The van der Waals surface area contributed by atoms with Gasteiger partial charge in [0.2, 0.25) is 11.8 Å². The molecular weight excluding hydrogens is 397 g/mol. The molecule has 1 aromatic carbocycles. The lowest BCUT2D eigenvalue weighted by Crippen LogP contribution is -2.48. The highest BCUT2D eigenvalue weighted by atomic mass is 35.5. The predicted octanol–water partition coefficient (Wildman–Crippen LogP) is 3.69. The zero-order chi connectivity index (χ0) is 20.1. The molecule has 28 heavy (non-hydrogen) atoms. The van der Waals surface area contributed by atoms with Gasteiger partial charge in [-0.05, 0) is 37.0 Å². The highest BCUT2D eigenvalue weighted by Gasteiger charge is 2.28. The maximum Gasteiger partial charge on any atom is 0.222 e. The second-order valence-corrected chi connectivity index (χ2v) is 8.60. The van der Waals surface area contributed by atoms with Crippen LogP contribution in [0.2, 0.25) is 10.0 Å². The highest BCUT2D eigenvalue weighted by molar-refractivity contribution is 6.42. The van der Waals surface area contributed by atoms with E-state index in [2.05, 4.69) is 10.2 Å². The highest BCUT2D eigenvalue weighted by Crippen LogP contribution is 2.31. The Morgan fingerprint density at radius 3 is 2.57 bits per heavy atom. The molecule has 0 radical (unpaired) electrons. The third kappa shape index (κ3) is 5.62. The number of nitrogens with one attached hydrogen (secondary N) is 1. The lowest BCUT2D eigenvalue weighted by molar-refractivity contribution is -0.134. The first-order chi connectivity index (χ1) is 13.5. The van der Waals surface area contributed by atoms with E-state index in [1.807, 2.05) is 30.0 Å². The smallest absolute Gasteiger partial charge is 0.222 e. The van der Waals surface area contributed by atoms with Crippen LogP contribution in [-0.4, -0.2) is 60.4 Å². The third-order valence-corrected chi connectivity index (χ3v) is 6.61. The standard InChI is InChI=1S/C21H29Cl2N3O2/c1-2-20(27)24-17-7-9-25(10-8-17)11-12-26-14-16(4-6-21(26)28)15-3-5-18(22)19(23)13-15/h3,5,13,16-17H,2,4,6-12,14H2,1H3,(H,24,27). The average Bonchev–Trinajstić information content (AvgIpc) is 2.70. The lowest BCUT2D eigenvalue weighted by atomic mass is 9.90. The normalized spacial score (nSPS) is 21.8. The van der Waals surface area contributed by atoms with Crippen molar-refractivity contribution >= 4 is 35.0 Å². The Balaban J connectivity index is 1.48. The van der Waals surface area contributed by atoms with Crippen LogP contribution in [0.5, 0.6) is 0 Å². The molecule has 0 aliphatic carbocycles. The number of amides is 2. The van der Waals surface area contributed by atoms with Gasteiger partial charge in [-0.25, -0.2) is 0 Å². The Morgan fingerprint density at radius 2 is 1.89 bits per heavy atom. The Bertz CT molecular complexity index is 705. The quantitative estimate of drug-likeness (QED) is 0.755. The van der Waals surface area contributed by atoms with Gasteiger partial charge in [0.05, 0.1) is 10.0 Å². The van der Waals surface area contributed by atoms with Gasteiger partial charge in [-0.1, -0.05) is 36.2 Å². The molecule has 2 aliphatic rings. The number of benzene rings is 1. The second-order valence-electron chi connectivity index (χ2n) is 7.79. The molecule has 1 N–H and O–H groups in total.